The Morgan fingerprint density at radius 2 is 1.90 bits per heavy atom. The average molecular weight is 433 g/mol. The SMILES string of the molecule is CCCCNC(=O)CN1CCN(C(=O)CCc2ncc(-c3ccc(Cl)cc3)o2)CC1. The van der Waals surface area contributed by atoms with Crippen molar-refractivity contribution in [3.8, 4) is 11.3 Å². The van der Waals surface area contributed by atoms with Gasteiger partial charge in [-0.2, -0.15) is 0 Å². The van der Waals surface area contributed by atoms with Crippen LogP contribution in [0.25, 0.3) is 11.3 Å². The van der Waals surface area contributed by atoms with Gasteiger partial charge >= 0.3 is 0 Å². The lowest BCUT2D eigenvalue weighted by Gasteiger charge is -2.34. The fourth-order valence-electron chi connectivity index (χ4n) is 3.36. The third kappa shape index (κ3) is 6.57. The third-order valence-corrected chi connectivity index (χ3v) is 5.43. The van der Waals surface area contributed by atoms with Crippen LogP contribution in [0, 0.1) is 0 Å². The average Bonchev–Trinajstić information content (AvgIpc) is 3.22. The van der Waals surface area contributed by atoms with Crippen molar-refractivity contribution >= 4 is 23.4 Å². The summed E-state index contributed by atoms with van der Waals surface area (Å²) >= 11 is 5.91. The highest BCUT2D eigenvalue weighted by molar-refractivity contribution is 6.30. The number of amides is 2. The Bertz CT molecular complexity index is 829. The number of rotatable bonds is 9. The summed E-state index contributed by atoms with van der Waals surface area (Å²) in [4.78, 5) is 32.7. The second-order valence-electron chi connectivity index (χ2n) is 7.49. The number of hydrogen-bond acceptors (Lipinski definition) is 5. The fraction of sp³-hybridized carbons (Fsp3) is 0.500. The first-order chi connectivity index (χ1) is 14.5. The van der Waals surface area contributed by atoms with Gasteiger partial charge in [-0.15, -0.1) is 0 Å². The van der Waals surface area contributed by atoms with Gasteiger partial charge in [-0.3, -0.25) is 14.5 Å². The van der Waals surface area contributed by atoms with Crippen molar-refractivity contribution in [2.24, 2.45) is 0 Å². The summed E-state index contributed by atoms with van der Waals surface area (Å²) in [6.07, 6.45) is 4.56. The van der Waals surface area contributed by atoms with E-state index in [0.717, 1.165) is 24.9 Å². The predicted molar refractivity (Wildman–Crippen MR) is 116 cm³/mol. The monoisotopic (exact) mass is 432 g/mol. The summed E-state index contributed by atoms with van der Waals surface area (Å²) in [7, 11) is 0. The van der Waals surface area contributed by atoms with E-state index in [1.807, 2.05) is 17.0 Å². The zero-order valence-corrected chi connectivity index (χ0v) is 18.2. The van der Waals surface area contributed by atoms with Gasteiger partial charge in [0.15, 0.2) is 11.7 Å². The predicted octanol–water partition coefficient (Wildman–Crippen LogP) is 2.99. The number of hydrogen-bond donors (Lipinski definition) is 1. The van der Waals surface area contributed by atoms with Gasteiger partial charge in [-0.05, 0) is 30.7 Å². The summed E-state index contributed by atoms with van der Waals surface area (Å²) in [6.45, 7) is 5.94. The molecule has 162 valence electrons. The molecule has 1 aliphatic heterocycles. The molecule has 0 aliphatic carbocycles. The minimum Gasteiger partial charge on any atom is -0.441 e. The highest BCUT2D eigenvalue weighted by Crippen LogP contribution is 2.22. The molecule has 3 rings (SSSR count). The summed E-state index contributed by atoms with van der Waals surface area (Å²) in [6, 6.07) is 7.36. The van der Waals surface area contributed by atoms with E-state index in [1.165, 1.54) is 0 Å². The van der Waals surface area contributed by atoms with Crippen molar-refractivity contribution in [1.29, 1.82) is 0 Å². The summed E-state index contributed by atoms with van der Waals surface area (Å²) < 4.78 is 5.77. The van der Waals surface area contributed by atoms with Crippen molar-refractivity contribution in [2.45, 2.75) is 32.6 Å². The van der Waals surface area contributed by atoms with Crippen LogP contribution in [0.2, 0.25) is 5.02 Å². The maximum Gasteiger partial charge on any atom is 0.234 e. The summed E-state index contributed by atoms with van der Waals surface area (Å²) in [5.41, 5.74) is 0.902. The Morgan fingerprint density at radius 3 is 2.60 bits per heavy atom. The quantitative estimate of drug-likeness (QED) is 0.616. The number of aryl methyl sites for hydroxylation is 1. The Labute approximate surface area is 182 Å². The number of carbonyl (C=O) groups excluding carboxylic acids is 2. The number of piperazine rings is 1. The van der Waals surface area contributed by atoms with Crippen LogP contribution in [-0.2, 0) is 16.0 Å². The van der Waals surface area contributed by atoms with Crippen LogP contribution >= 0.6 is 11.6 Å². The van der Waals surface area contributed by atoms with E-state index in [9.17, 15) is 9.59 Å². The van der Waals surface area contributed by atoms with E-state index in [4.69, 9.17) is 16.0 Å². The highest BCUT2D eigenvalue weighted by Gasteiger charge is 2.22. The topological polar surface area (TPSA) is 78.7 Å². The van der Waals surface area contributed by atoms with Crippen LogP contribution in [0.5, 0.6) is 0 Å². The zero-order chi connectivity index (χ0) is 21.3. The first-order valence-electron chi connectivity index (χ1n) is 10.5. The normalized spacial score (nSPS) is 14.7. The molecular formula is C22H29ClN4O3. The van der Waals surface area contributed by atoms with Crippen LogP contribution in [0.3, 0.4) is 0 Å². The zero-order valence-electron chi connectivity index (χ0n) is 17.4. The van der Waals surface area contributed by atoms with Crippen molar-refractivity contribution in [3.05, 3.63) is 41.4 Å². The Morgan fingerprint density at radius 1 is 1.17 bits per heavy atom. The van der Waals surface area contributed by atoms with Crippen LogP contribution in [0.15, 0.2) is 34.9 Å². The largest absolute Gasteiger partial charge is 0.441 e. The number of carbonyl (C=O) groups is 2. The van der Waals surface area contributed by atoms with Crippen LogP contribution < -0.4 is 5.32 Å². The smallest absolute Gasteiger partial charge is 0.234 e. The Balaban J connectivity index is 1.39. The van der Waals surface area contributed by atoms with E-state index in [-0.39, 0.29) is 11.8 Å². The van der Waals surface area contributed by atoms with E-state index in [2.05, 4.69) is 22.1 Å². The molecule has 0 bridgehead atoms. The first-order valence-corrected chi connectivity index (χ1v) is 10.9. The molecule has 7 nitrogen and oxygen atoms in total. The van der Waals surface area contributed by atoms with Crippen molar-refractivity contribution in [3.63, 3.8) is 0 Å². The van der Waals surface area contributed by atoms with Crippen LogP contribution in [0.4, 0.5) is 0 Å². The molecule has 1 aromatic carbocycles. The van der Waals surface area contributed by atoms with Gasteiger partial charge in [0.1, 0.15) is 0 Å². The lowest BCUT2D eigenvalue weighted by atomic mass is 10.2. The molecule has 0 saturated carbocycles. The molecule has 1 aromatic heterocycles. The molecule has 2 heterocycles. The molecule has 2 aromatic rings. The maximum atomic E-state index is 12.5. The molecule has 2 amide bonds. The van der Waals surface area contributed by atoms with E-state index in [0.29, 0.717) is 62.2 Å². The van der Waals surface area contributed by atoms with Crippen molar-refractivity contribution in [2.75, 3.05) is 39.3 Å². The molecule has 0 spiro atoms. The highest BCUT2D eigenvalue weighted by atomic mass is 35.5. The van der Waals surface area contributed by atoms with Crippen molar-refractivity contribution in [1.82, 2.24) is 20.1 Å². The molecule has 1 N–H and O–H groups in total. The second-order valence-corrected chi connectivity index (χ2v) is 7.92. The van der Waals surface area contributed by atoms with E-state index < -0.39 is 0 Å². The maximum absolute atomic E-state index is 12.5. The number of halogens is 1. The molecule has 1 fully saturated rings. The van der Waals surface area contributed by atoms with Gasteiger partial charge in [0.25, 0.3) is 0 Å². The first kappa shape index (κ1) is 22.3. The van der Waals surface area contributed by atoms with Gasteiger partial charge < -0.3 is 14.6 Å². The van der Waals surface area contributed by atoms with Gasteiger partial charge in [0.05, 0.1) is 12.7 Å². The lowest BCUT2D eigenvalue weighted by Crippen LogP contribution is -2.51. The van der Waals surface area contributed by atoms with Gasteiger partial charge in [0.2, 0.25) is 11.8 Å². The van der Waals surface area contributed by atoms with Crippen LogP contribution in [-0.4, -0.2) is 65.9 Å². The summed E-state index contributed by atoms with van der Waals surface area (Å²) in [5, 5.41) is 3.60. The van der Waals surface area contributed by atoms with E-state index in [1.54, 1.807) is 18.3 Å². The minimum atomic E-state index is 0.0589. The number of unbranched alkanes of at least 4 members (excludes halogenated alkanes) is 1. The molecule has 0 atom stereocenters. The summed E-state index contributed by atoms with van der Waals surface area (Å²) in [5.74, 6) is 1.37. The molecule has 0 unspecified atom stereocenters. The number of nitrogens with zero attached hydrogens (tertiary/aromatic N) is 3. The molecule has 1 saturated heterocycles. The van der Waals surface area contributed by atoms with Gasteiger partial charge in [0, 0.05) is 56.2 Å². The molecule has 30 heavy (non-hydrogen) atoms. The minimum absolute atomic E-state index is 0.0589. The van der Waals surface area contributed by atoms with Crippen LogP contribution in [0.1, 0.15) is 32.1 Å². The standard InChI is InChI=1S/C22H29ClN4O3/c1-2-3-10-24-20(28)16-26-11-13-27(14-12-26)22(29)9-8-21-25-15-19(30-21)17-4-6-18(23)7-5-17/h4-7,15H,2-3,8-14,16H2,1H3,(H,24,28). The third-order valence-electron chi connectivity index (χ3n) is 5.18. The fourth-order valence-corrected chi connectivity index (χ4v) is 3.49. The lowest BCUT2D eigenvalue weighted by molar-refractivity contribution is -0.133. The van der Waals surface area contributed by atoms with E-state index >= 15 is 0 Å². The number of benzene rings is 1. The number of nitrogens with one attached hydrogen (secondary N) is 1. The molecule has 1 aliphatic rings. The molecule has 8 heteroatoms. The second kappa shape index (κ2) is 11.1. The Kier molecular flexibility index (Phi) is 8.28. The molecule has 0 radical (unpaired) electrons. The molecular weight excluding hydrogens is 404 g/mol. The number of oxazole rings is 1. The van der Waals surface area contributed by atoms with Gasteiger partial charge in [-0.25, -0.2) is 4.98 Å². The Hall–Kier alpha value is -2.38. The van der Waals surface area contributed by atoms with Gasteiger partial charge in [-0.1, -0.05) is 24.9 Å². The number of aromatic nitrogens is 1. The van der Waals surface area contributed by atoms with Crippen molar-refractivity contribution < 1.29 is 14.0 Å².